The van der Waals surface area contributed by atoms with Crippen LogP contribution in [0.1, 0.15) is 22.1 Å². The summed E-state index contributed by atoms with van der Waals surface area (Å²) in [6.45, 7) is 1.50. The highest BCUT2D eigenvalue weighted by molar-refractivity contribution is 9.10. The molecule has 1 unspecified atom stereocenters. The van der Waals surface area contributed by atoms with E-state index < -0.39 is 17.0 Å². The number of benzene rings is 1. The highest BCUT2D eigenvalue weighted by atomic mass is 79.9. The van der Waals surface area contributed by atoms with Gasteiger partial charge in [0.1, 0.15) is 11.6 Å². The van der Waals surface area contributed by atoms with E-state index in [0.717, 1.165) is 12.1 Å². The van der Waals surface area contributed by atoms with Crippen molar-refractivity contribution in [3.05, 3.63) is 57.5 Å². The first kappa shape index (κ1) is 12.6. The van der Waals surface area contributed by atoms with Crippen LogP contribution >= 0.6 is 27.5 Å². The lowest BCUT2D eigenvalue weighted by atomic mass is 10.0. The first-order chi connectivity index (χ1) is 8.00. The van der Waals surface area contributed by atoms with Gasteiger partial charge < -0.3 is 4.42 Å². The highest BCUT2D eigenvalue weighted by Crippen LogP contribution is 2.36. The highest BCUT2D eigenvalue weighted by Gasteiger charge is 2.21. The third-order valence-electron chi connectivity index (χ3n) is 2.47. The molecule has 17 heavy (non-hydrogen) atoms. The minimum Gasteiger partial charge on any atom is -0.457 e. The van der Waals surface area contributed by atoms with E-state index in [-0.39, 0.29) is 11.1 Å². The maximum absolute atomic E-state index is 13.7. The summed E-state index contributed by atoms with van der Waals surface area (Å²) >= 11 is 9.27. The second-order valence-electron chi connectivity index (χ2n) is 3.64. The third-order valence-corrected chi connectivity index (χ3v) is 3.59. The molecule has 2 rings (SSSR count). The zero-order valence-corrected chi connectivity index (χ0v) is 11.1. The van der Waals surface area contributed by atoms with Gasteiger partial charge in [-0.05, 0) is 46.6 Å². The molecule has 0 saturated carbocycles. The van der Waals surface area contributed by atoms with Gasteiger partial charge in [0.15, 0.2) is 4.67 Å². The minimum absolute atomic E-state index is 0.0943. The van der Waals surface area contributed by atoms with Crippen LogP contribution in [-0.2, 0) is 0 Å². The van der Waals surface area contributed by atoms with Gasteiger partial charge in [0.05, 0.1) is 11.6 Å². The Bertz CT molecular complexity index is 553. The molecule has 5 heteroatoms. The maximum atomic E-state index is 13.7. The van der Waals surface area contributed by atoms with Crippen LogP contribution in [0.2, 0.25) is 0 Å². The van der Waals surface area contributed by atoms with Crippen LogP contribution in [0.3, 0.4) is 0 Å². The van der Waals surface area contributed by atoms with Crippen molar-refractivity contribution in [2.24, 2.45) is 0 Å². The second kappa shape index (κ2) is 4.78. The molecule has 90 valence electrons. The van der Waals surface area contributed by atoms with Gasteiger partial charge in [0, 0.05) is 11.1 Å². The number of hydrogen-bond acceptors (Lipinski definition) is 1. The Hall–Kier alpha value is -0.870. The normalized spacial score (nSPS) is 12.8. The molecular formula is C12H8BrClF2O. The summed E-state index contributed by atoms with van der Waals surface area (Å²) in [5, 5.41) is -0.793. The van der Waals surface area contributed by atoms with Crippen LogP contribution in [0.4, 0.5) is 8.78 Å². The number of alkyl halides is 1. The predicted molar refractivity (Wildman–Crippen MR) is 65.2 cm³/mol. The largest absolute Gasteiger partial charge is 0.457 e. The van der Waals surface area contributed by atoms with Crippen molar-refractivity contribution in [3.63, 3.8) is 0 Å². The molecule has 1 aromatic heterocycles. The summed E-state index contributed by atoms with van der Waals surface area (Å²) in [6, 6.07) is 3.86. The van der Waals surface area contributed by atoms with Gasteiger partial charge >= 0.3 is 0 Å². The van der Waals surface area contributed by atoms with Crippen LogP contribution < -0.4 is 0 Å². The van der Waals surface area contributed by atoms with Crippen LogP contribution in [-0.4, -0.2) is 0 Å². The van der Waals surface area contributed by atoms with E-state index in [9.17, 15) is 8.78 Å². The topological polar surface area (TPSA) is 13.1 Å². The molecule has 1 atom stereocenters. The molecule has 0 fully saturated rings. The van der Waals surface area contributed by atoms with Gasteiger partial charge in [0.2, 0.25) is 0 Å². The molecule has 0 aliphatic carbocycles. The Labute approximate surface area is 111 Å². The fraction of sp³-hybridized carbons (Fsp3) is 0.167. The van der Waals surface area contributed by atoms with Gasteiger partial charge in [-0.25, -0.2) is 8.78 Å². The zero-order chi connectivity index (χ0) is 12.6. The second-order valence-corrected chi connectivity index (χ2v) is 4.79. The van der Waals surface area contributed by atoms with Gasteiger partial charge in [-0.15, -0.1) is 11.6 Å². The Morgan fingerprint density at radius 1 is 1.24 bits per heavy atom. The lowest BCUT2D eigenvalue weighted by Crippen LogP contribution is -1.99. The average Bonchev–Trinajstić information content (AvgIpc) is 2.69. The van der Waals surface area contributed by atoms with E-state index in [1.54, 1.807) is 6.07 Å². The fourth-order valence-corrected chi connectivity index (χ4v) is 2.45. The van der Waals surface area contributed by atoms with Crippen molar-refractivity contribution >= 4 is 27.5 Å². The molecule has 0 N–H and O–H groups in total. The first-order valence-electron chi connectivity index (χ1n) is 4.83. The number of hydrogen-bond donors (Lipinski definition) is 0. The molecule has 0 radical (unpaired) electrons. The van der Waals surface area contributed by atoms with Crippen molar-refractivity contribution in [2.75, 3.05) is 0 Å². The van der Waals surface area contributed by atoms with Crippen molar-refractivity contribution in [2.45, 2.75) is 12.3 Å². The van der Waals surface area contributed by atoms with Crippen LogP contribution in [0.25, 0.3) is 0 Å². The van der Waals surface area contributed by atoms with Crippen molar-refractivity contribution in [3.8, 4) is 0 Å². The zero-order valence-electron chi connectivity index (χ0n) is 8.81. The summed E-state index contributed by atoms with van der Waals surface area (Å²) in [4.78, 5) is 0. The van der Waals surface area contributed by atoms with E-state index in [1.165, 1.54) is 13.2 Å². The van der Waals surface area contributed by atoms with Gasteiger partial charge in [-0.2, -0.15) is 0 Å². The summed E-state index contributed by atoms with van der Waals surface area (Å²) in [6.07, 6.45) is 1.43. The number of halogens is 4. The minimum atomic E-state index is -0.793. The molecule has 0 spiro atoms. The molecule has 1 heterocycles. The van der Waals surface area contributed by atoms with Crippen LogP contribution in [0.15, 0.2) is 33.5 Å². The molecule has 0 bridgehead atoms. The van der Waals surface area contributed by atoms with Crippen LogP contribution in [0, 0.1) is 18.6 Å². The predicted octanol–water partition coefficient (Wildman–Crippen LogP) is 4.96. The fourth-order valence-electron chi connectivity index (χ4n) is 1.51. The van der Waals surface area contributed by atoms with Crippen molar-refractivity contribution in [1.29, 1.82) is 0 Å². The van der Waals surface area contributed by atoms with E-state index in [2.05, 4.69) is 15.9 Å². The van der Waals surface area contributed by atoms with Gasteiger partial charge in [-0.1, -0.05) is 0 Å². The number of aryl methyl sites for hydroxylation is 1. The smallest absolute Gasteiger partial charge is 0.173 e. The lowest BCUT2D eigenvalue weighted by molar-refractivity contribution is 0.536. The molecular weight excluding hydrogens is 313 g/mol. The van der Waals surface area contributed by atoms with Crippen LogP contribution in [0.5, 0.6) is 0 Å². The Morgan fingerprint density at radius 3 is 2.53 bits per heavy atom. The maximum Gasteiger partial charge on any atom is 0.173 e. The molecule has 0 amide bonds. The van der Waals surface area contributed by atoms with Crippen molar-refractivity contribution < 1.29 is 13.2 Å². The van der Waals surface area contributed by atoms with E-state index >= 15 is 0 Å². The summed E-state index contributed by atoms with van der Waals surface area (Å²) in [7, 11) is 0. The molecule has 1 nitrogen and oxygen atoms in total. The monoisotopic (exact) mass is 320 g/mol. The van der Waals surface area contributed by atoms with Gasteiger partial charge in [0.25, 0.3) is 0 Å². The Kier molecular flexibility index (Phi) is 3.54. The summed E-state index contributed by atoms with van der Waals surface area (Å²) in [5.41, 5.74) is 0.909. The summed E-state index contributed by atoms with van der Waals surface area (Å²) < 4.78 is 32.5. The van der Waals surface area contributed by atoms with E-state index in [1.807, 2.05) is 0 Å². The first-order valence-corrected chi connectivity index (χ1v) is 6.06. The molecule has 2 aromatic rings. The Balaban J connectivity index is 2.48. The third kappa shape index (κ3) is 2.38. The molecule has 0 saturated heterocycles. The number of rotatable bonds is 2. The molecule has 0 aliphatic heterocycles. The average molecular weight is 322 g/mol. The SMILES string of the molecule is Cc1cc(F)c(C(Cl)c2ccoc2Br)cc1F. The Morgan fingerprint density at radius 2 is 1.94 bits per heavy atom. The lowest BCUT2D eigenvalue weighted by Gasteiger charge is -2.11. The van der Waals surface area contributed by atoms with E-state index in [0.29, 0.717) is 10.2 Å². The number of furan rings is 1. The quantitative estimate of drug-likeness (QED) is 0.713. The molecule has 0 aliphatic rings. The summed E-state index contributed by atoms with van der Waals surface area (Å²) in [5.74, 6) is -1.01. The van der Waals surface area contributed by atoms with Crippen molar-refractivity contribution in [1.82, 2.24) is 0 Å². The van der Waals surface area contributed by atoms with Gasteiger partial charge in [-0.3, -0.25) is 0 Å². The van der Waals surface area contributed by atoms with E-state index in [4.69, 9.17) is 16.0 Å². The molecule has 1 aromatic carbocycles. The standard InChI is InChI=1S/C12H8BrClF2O/c1-6-4-10(16)8(5-9(6)15)11(14)7-2-3-17-12(7)13/h2-5,11H,1H3.